The molecule has 0 bridgehead atoms. The largest absolute Gasteiger partial charge is 0.480 e. The normalized spacial score (nSPS) is 19.8. The van der Waals surface area contributed by atoms with Gasteiger partial charge in [-0.1, -0.05) is 4.99 Å². The predicted octanol–water partition coefficient (Wildman–Crippen LogP) is 0.537. The van der Waals surface area contributed by atoms with Crippen LogP contribution in [0.4, 0.5) is 10.7 Å². The van der Waals surface area contributed by atoms with Gasteiger partial charge in [-0.3, -0.25) is 14.5 Å². The van der Waals surface area contributed by atoms with E-state index >= 15 is 0 Å². The SMILES string of the molecule is Cc1c(C)[n+]2c(n1C(C)C)N=C1C2C(=O)N(CC(=O)O)C(=O)N1C. The van der Waals surface area contributed by atoms with Crippen molar-refractivity contribution in [2.45, 2.75) is 39.8 Å². The molecular formula is C15H20N5O4+. The fourth-order valence-electron chi connectivity index (χ4n) is 3.36. The summed E-state index contributed by atoms with van der Waals surface area (Å²) < 4.78 is 3.79. The smallest absolute Gasteiger partial charge is 0.402 e. The number of carboxylic acid groups (broad SMARTS) is 1. The maximum absolute atomic E-state index is 12.8. The summed E-state index contributed by atoms with van der Waals surface area (Å²) in [5, 5.41) is 8.99. The summed E-state index contributed by atoms with van der Waals surface area (Å²) in [6.07, 6.45) is 0. The first-order valence-corrected chi connectivity index (χ1v) is 7.69. The highest BCUT2D eigenvalue weighted by molar-refractivity contribution is 6.19. The molecule has 1 N–H and O–H groups in total. The molecule has 9 nitrogen and oxygen atoms in total. The van der Waals surface area contributed by atoms with E-state index in [9.17, 15) is 14.4 Å². The summed E-state index contributed by atoms with van der Waals surface area (Å²) in [5.74, 6) is -0.863. The van der Waals surface area contributed by atoms with Gasteiger partial charge in [0, 0.05) is 7.05 Å². The van der Waals surface area contributed by atoms with Crippen LogP contribution in [0.2, 0.25) is 0 Å². The van der Waals surface area contributed by atoms with E-state index in [2.05, 4.69) is 4.99 Å². The van der Waals surface area contributed by atoms with Crippen molar-refractivity contribution in [1.29, 1.82) is 0 Å². The molecule has 1 atom stereocenters. The fourth-order valence-corrected chi connectivity index (χ4v) is 3.36. The molecule has 3 amide bonds. The number of aliphatic imine (C=N–C) groups is 1. The minimum atomic E-state index is -1.23. The quantitative estimate of drug-likeness (QED) is 0.815. The number of imide groups is 1. The lowest BCUT2D eigenvalue weighted by Crippen LogP contribution is -2.64. The number of amidine groups is 1. The molecule has 1 aromatic rings. The van der Waals surface area contributed by atoms with Crippen LogP contribution in [0, 0.1) is 13.8 Å². The van der Waals surface area contributed by atoms with Crippen LogP contribution in [-0.2, 0) is 9.59 Å². The molecule has 0 aliphatic carbocycles. The fraction of sp³-hybridized carbons (Fsp3) is 0.533. The van der Waals surface area contributed by atoms with Crippen molar-refractivity contribution < 1.29 is 24.1 Å². The number of aliphatic carboxylic acids is 1. The standard InChI is InChI=1S/C15H19N5O4/c1-7(2)19-8(3)9(4)20-11-12(16-14(19)20)17(5)15(24)18(13(11)23)6-10(21)22/h7,11H,6H2,1-5H3/p+1. The van der Waals surface area contributed by atoms with Crippen LogP contribution in [0.15, 0.2) is 4.99 Å². The van der Waals surface area contributed by atoms with Gasteiger partial charge in [-0.05, 0) is 27.7 Å². The molecule has 9 heteroatoms. The summed E-state index contributed by atoms with van der Waals surface area (Å²) in [4.78, 5) is 42.7. The Bertz CT molecular complexity index is 807. The highest BCUT2D eigenvalue weighted by atomic mass is 16.4. The minimum absolute atomic E-state index is 0.135. The van der Waals surface area contributed by atoms with E-state index in [0.717, 1.165) is 16.3 Å². The molecule has 1 unspecified atom stereocenters. The number of carbonyl (C=O) groups excluding carboxylic acids is 2. The van der Waals surface area contributed by atoms with Gasteiger partial charge >= 0.3 is 17.9 Å². The maximum Gasteiger partial charge on any atom is 0.402 e. The number of likely N-dealkylation sites (N-methyl/N-ethyl adjacent to an activating group) is 1. The Morgan fingerprint density at radius 2 is 1.96 bits per heavy atom. The van der Waals surface area contributed by atoms with Crippen molar-refractivity contribution in [3.63, 3.8) is 0 Å². The molecule has 1 aromatic heterocycles. The third kappa shape index (κ3) is 1.97. The van der Waals surface area contributed by atoms with Crippen LogP contribution in [0.3, 0.4) is 0 Å². The van der Waals surface area contributed by atoms with Crippen molar-refractivity contribution in [2.24, 2.45) is 4.99 Å². The molecule has 0 aromatic carbocycles. The van der Waals surface area contributed by atoms with Crippen molar-refractivity contribution >= 4 is 29.7 Å². The molecule has 2 aliphatic heterocycles. The van der Waals surface area contributed by atoms with Gasteiger partial charge in [-0.25, -0.2) is 18.8 Å². The van der Waals surface area contributed by atoms with Crippen molar-refractivity contribution in [3.8, 4) is 0 Å². The number of amides is 3. The molecule has 24 heavy (non-hydrogen) atoms. The monoisotopic (exact) mass is 334 g/mol. The zero-order chi connectivity index (χ0) is 17.9. The maximum atomic E-state index is 12.8. The first-order chi connectivity index (χ1) is 11.2. The molecule has 1 fully saturated rings. The van der Waals surface area contributed by atoms with E-state index < -0.39 is 30.5 Å². The molecule has 128 valence electrons. The van der Waals surface area contributed by atoms with Crippen LogP contribution in [0.1, 0.15) is 37.3 Å². The first-order valence-electron chi connectivity index (χ1n) is 7.69. The topological polar surface area (TPSA) is 99.1 Å². The van der Waals surface area contributed by atoms with E-state index in [-0.39, 0.29) is 6.04 Å². The third-order valence-corrected chi connectivity index (χ3v) is 4.57. The summed E-state index contributed by atoms with van der Waals surface area (Å²) in [6.45, 7) is 7.21. The van der Waals surface area contributed by atoms with Gasteiger partial charge in [-0.2, -0.15) is 0 Å². The zero-order valence-corrected chi connectivity index (χ0v) is 14.3. The van der Waals surface area contributed by atoms with Crippen molar-refractivity contribution in [1.82, 2.24) is 14.4 Å². The lowest BCUT2D eigenvalue weighted by atomic mass is 10.1. The second kappa shape index (κ2) is 5.15. The summed E-state index contributed by atoms with van der Waals surface area (Å²) in [6, 6.07) is -1.34. The Kier molecular flexibility index (Phi) is 3.47. The van der Waals surface area contributed by atoms with Gasteiger partial charge < -0.3 is 5.11 Å². The van der Waals surface area contributed by atoms with Crippen molar-refractivity contribution in [3.05, 3.63) is 11.4 Å². The van der Waals surface area contributed by atoms with Crippen LogP contribution < -0.4 is 4.57 Å². The number of imidazole rings is 1. The lowest BCUT2D eigenvalue weighted by Gasteiger charge is -2.32. The van der Waals surface area contributed by atoms with Gasteiger partial charge in [-0.15, -0.1) is 0 Å². The molecule has 3 heterocycles. The molecule has 0 spiro atoms. The van der Waals surface area contributed by atoms with Gasteiger partial charge in [0.1, 0.15) is 17.9 Å². The summed E-state index contributed by atoms with van der Waals surface area (Å²) in [5.41, 5.74) is 1.86. The molecule has 0 saturated carbocycles. The van der Waals surface area contributed by atoms with Crippen LogP contribution in [-0.4, -0.2) is 56.8 Å². The van der Waals surface area contributed by atoms with E-state index in [4.69, 9.17) is 5.11 Å². The number of carboxylic acids is 1. The third-order valence-electron chi connectivity index (χ3n) is 4.57. The van der Waals surface area contributed by atoms with Crippen LogP contribution in [0.5, 0.6) is 0 Å². The van der Waals surface area contributed by atoms with Gasteiger partial charge in [0.15, 0.2) is 0 Å². The number of nitrogens with zero attached hydrogens (tertiary/aromatic N) is 5. The van der Waals surface area contributed by atoms with E-state index in [0.29, 0.717) is 11.8 Å². The number of hydrogen-bond donors (Lipinski definition) is 1. The Morgan fingerprint density at radius 3 is 2.50 bits per heavy atom. The zero-order valence-electron chi connectivity index (χ0n) is 14.3. The highest BCUT2D eigenvalue weighted by Gasteiger charge is 2.54. The van der Waals surface area contributed by atoms with E-state index in [1.807, 2.05) is 32.3 Å². The second-order valence-electron chi connectivity index (χ2n) is 6.34. The van der Waals surface area contributed by atoms with Gasteiger partial charge in [0.05, 0.1) is 6.04 Å². The number of aromatic nitrogens is 2. The van der Waals surface area contributed by atoms with Gasteiger partial charge in [0.25, 0.3) is 5.91 Å². The Hall–Kier alpha value is -2.71. The molecule has 0 radical (unpaired) electrons. The molecule has 1 saturated heterocycles. The Balaban J connectivity index is 2.17. The van der Waals surface area contributed by atoms with Crippen LogP contribution in [0.25, 0.3) is 0 Å². The number of urea groups is 1. The first kappa shape index (κ1) is 16.2. The Labute approximate surface area is 138 Å². The summed E-state index contributed by atoms with van der Waals surface area (Å²) >= 11 is 0. The van der Waals surface area contributed by atoms with Crippen LogP contribution >= 0.6 is 0 Å². The minimum Gasteiger partial charge on any atom is -0.480 e. The lowest BCUT2D eigenvalue weighted by molar-refractivity contribution is -0.682. The highest BCUT2D eigenvalue weighted by Crippen LogP contribution is 2.32. The van der Waals surface area contributed by atoms with E-state index in [1.165, 1.54) is 11.9 Å². The second-order valence-corrected chi connectivity index (χ2v) is 6.34. The predicted molar refractivity (Wildman–Crippen MR) is 83.1 cm³/mol. The average molecular weight is 334 g/mol. The summed E-state index contributed by atoms with van der Waals surface area (Å²) in [7, 11) is 1.50. The number of rotatable bonds is 3. The Morgan fingerprint density at radius 1 is 1.33 bits per heavy atom. The molecule has 3 rings (SSSR count). The number of hydrogen-bond acceptors (Lipinski definition) is 4. The van der Waals surface area contributed by atoms with Gasteiger partial charge in [0.2, 0.25) is 11.9 Å². The molecule has 2 aliphatic rings. The average Bonchev–Trinajstić information content (AvgIpc) is 2.98. The van der Waals surface area contributed by atoms with Crippen molar-refractivity contribution in [2.75, 3.05) is 13.6 Å². The molecular weight excluding hydrogens is 314 g/mol. The number of fused-ring (bicyclic) bond motifs is 3. The number of carbonyl (C=O) groups is 3. The van der Waals surface area contributed by atoms with E-state index in [1.54, 1.807) is 4.57 Å².